The molecular formula is C14H17N5O2. The Bertz CT molecular complexity index is 603. The van der Waals surface area contributed by atoms with Crippen molar-refractivity contribution in [2.24, 2.45) is 7.05 Å². The number of rotatable bonds is 7. The van der Waals surface area contributed by atoms with Gasteiger partial charge in [-0.15, -0.1) is 0 Å². The van der Waals surface area contributed by atoms with E-state index in [9.17, 15) is 5.11 Å². The largest absolute Gasteiger partial charge is 0.491 e. The van der Waals surface area contributed by atoms with Crippen LogP contribution in [0.1, 0.15) is 11.4 Å². The number of aliphatic hydroxyl groups excluding tert-OH is 1. The summed E-state index contributed by atoms with van der Waals surface area (Å²) in [6.07, 6.45) is 0.992. The van der Waals surface area contributed by atoms with Gasteiger partial charge in [-0.3, -0.25) is 4.68 Å². The molecule has 1 heterocycles. The molecule has 1 aromatic heterocycles. The van der Waals surface area contributed by atoms with Gasteiger partial charge in [-0.1, -0.05) is 0 Å². The van der Waals surface area contributed by atoms with Crippen LogP contribution in [-0.2, 0) is 13.6 Å². The standard InChI is InChI=1S/C14H17N5O2/c1-19-10-17-14(18-19)8-16-7-12(20)9-21-13-4-2-11(6-15)3-5-13/h2-5,10,12,16,20H,7-9H2,1H3. The number of hydrogen-bond donors (Lipinski definition) is 2. The third-order valence-electron chi connectivity index (χ3n) is 2.74. The van der Waals surface area contributed by atoms with Crippen molar-refractivity contribution in [1.82, 2.24) is 20.1 Å². The van der Waals surface area contributed by atoms with E-state index >= 15 is 0 Å². The minimum Gasteiger partial charge on any atom is -0.491 e. The number of nitriles is 1. The molecular weight excluding hydrogens is 270 g/mol. The van der Waals surface area contributed by atoms with Crippen LogP contribution < -0.4 is 10.1 Å². The molecule has 0 saturated carbocycles. The summed E-state index contributed by atoms with van der Waals surface area (Å²) in [7, 11) is 1.80. The smallest absolute Gasteiger partial charge is 0.164 e. The van der Waals surface area contributed by atoms with Gasteiger partial charge in [-0.05, 0) is 24.3 Å². The van der Waals surface area contributed by atoms with Gasteiger partial charge in [0.1, 0.15) is 24.8 Å². The van der Waals surface area contributed by atoms with Crippen LogP contribution in [0.3, 0.4) is 0 Å². The predicted octanol–water partition coefficient (Wildman–Crippen LogP) is 0.216. The summed E-state index contributed by atoms with van der Waals surface area (Å²) in [5.41, 5.74) is 0.576. The summed E-state index contributed by atoms with van der Waals surface area (Å²) in [4.78, 5) is 4.07. The molecule has 1 atom stereocenters. The Morgan fingerprint density at radius 2 is 2.19 bits per heavy atom. The number of aromatic nitrogens is 3. The molecule has 7 heteroatoms. The second-order valence-electron chi connectivity index (χ2n) is 4.57. The summed E-state index contributed by atoms with van der Waals surface area (Å²) in [6, 6.07) is 8.79. The topological polar surface area (TPSA) is 96.0 Å². The lowest BCUT2D eigenvalue weighted by Crippen LogP contribution is -2.31. The van der Waals surface area contributed by atoms with Crippen molar-refractivity contribution in [2.45, 2.75) is 12.6 Å². The van der Waals surface area contributed by atoms with Gasteiger partial charge >= 0.3 is 0 Å². The minimum absolute atomic E-state index is 0.175. The quantitative estimate of drug-likeness (QED) is 0.756. The van der Waals surface area contributed by atoms with Gasteiger partial charge < -0.3 is 15.2 Å². The lowest BCUT2D eigenvalue weighted by molar-refractivity contribution is 0.106. The first-order chi connectivity index (χ1) is 10.2. The lowest BCUT2D eigenvalue weighted by Gasteiger charge is -2.12. The molecule has 0 radical (unpaired) electrons. The molecule has 2 aromatic rings. The van der Waals surface area contributed by atoms with Gasteiger partial charge in [0, 0.05) is 13.6 Å². The van der Waals surface area contributed by atoms with Crippen molar-refractivity contribution in [3.05, 3.63) is 42.0 Å². The van der Waals surface area contributed by atoms with E-state index in [0.29, 0.717) is 30.2 Å². The Labute approximate surface area is 122 Å². The fraction of sp³-hybridized carbons (Fsp3) is 0.357. The first kappa shape index (κ1) is 15.0. The van der Waals surface area contributed by atoms with Gasteiger partial charge in [0.15, 0.2) is 5.82 Å². The predicted molar refractivity (Wildman–Crippen MR) is 75.4 cm³/mol. The molecule has 21 heavy (non-hydrogen) atoms. The maximum atomic E-state index is 9.81. The number of nitrogens with one attached hydrogen (secondary N) is 1. The fourth-order valence-electron chi connectivity index (χ4n) is 1.69. The van der Waals surface area contributed by atoms with Crippen LogP contribution >= 0.6 is 0 Å². The third kappa shape index (κ3) is 4.87. The maximum Gasteiger partial charge on any atom is 0.164 e. The molecule has 1 aromatic carbocycles. The van der Waals surface area contributed by atoms with Crippen molar-refractivity contribution in [1.29, 1.82) is 5.26 Å². The highest BCUT2D eigenvalue weighted by Crippen LogP contribution is 2.11. The highest BCUT2D eigenvalue weighted by molar-refractivity contribution is 5.34. The monoisotopic (exact) mass is 287 g/mol. The molecule has 0 aliphatic rings. The van der Waals surface area contributed by atoms with E-state index in [1.807, 2.05) is 6.07 Å². The van der Waals surface area contributed by atoms with E-state index in [1.165, 1.54) is 0 Å². The maximum absolute atomic E-state index is 9.81. The Morgan fingerprint density at radius 3 is 2.81 bits per heavy atom. The highest BCUT2D eigenvalue weighted by Gasteiger charge is 2.06. The summed E-state index contributed by atoms with van der Waals surface area (Å²) in [5.74, 6) is 1.30. The summed E-state index contributed by atoms with van der Waals surface area (Å²) in [5, 5.41) is 25.7. The Hall–Kier alpha value is -2.43. The van der Waals surface area contributed by atoms with E-state index in [0.717, 1.165) is 0 Å². The summed E-state index contributed by atoms with van der Waals surface area (Å²) >= 11 is 0. The van der Waals surface area contributed by atoms with Gasteiger partial charge in [0.05, 0.1) is 18.2 Å². The number of ether oxygens (including phenoxy) is 1. The van der Waals surface area contributed by atoms with Crippen molar-refractivity contribution < 1.29 is 9.84 Å². The minimum atomic E-state index is -0.635. The van der Waals surface area contributed by atoms with Gasteiger partial charge in [0.2, 0.25) is 0 Å². The zero-order chi connectivity index (χ0) is 15.1. The molecule has 0 aliphatic heterocycles. The zero-order valence-electron chi connectivity index (χ0n) is 11.7. The van der Waals surface area contributed by atoms with Crippen molar-refractivity contribution in [2.75, 3.05) is 13.2 Å². The van der Waals surface area contributed by atoms with Crippen LogP contribution in [0.4, 0.5) is 0 Å². The Kier molecular flexibility index (Phi) is 5.26. The molecule has 0 aliphatic carbocycles. The summed E-state index contributed by atoms with van der Waals surface area (Å²) < 4.78 is 7.07. The van der Waals surface area contributed by atoms with E-state index in [1.54, 1.807) is 42.3 Å². The fourth-order valence-corrected chi connectivity index (χ4v) is 1.69. The van der Waals surface area contributed by atoms with Crippen LogP contribution in [0.5, 0.6) is 5.75 Å². The molecule has 0 amide bonds. The number of aliphatic hydroxyl groups is 1. The highest BCUT2D eigenvalue weighted by atomic mass is 16.5. The number of benzene rings is 1. The zero-order valence-corrected chi connectivity index (χ0v) is 11.7. The third-order valence-corrected chi connectivity index (χ3v) is 2.74. The van der Waals surface area contributed by atoms with E-state index in [2.05, 4.69) is 15.4 Å². The van der Waals surface area contributed by atoms with Crippen molar-refractivity contribution in [3.63, 3.8) is 0 Å². The average Bonchev–Trinajstić information content (AvgIpc) is 2.91. The molecule has 0 bridgehead atoms. The second kappa shape index (κ2) is 7.38. The molecule has 2 N–H and O–H groups in total. The van der Waals surface area contributed by atoms with E-state index in [4.69, 9.17) is 10.00 Å². The number of aryl methyl sites for hydroxylation is 1. The van der Waals surface area contributed by atoms with E-state index < -0.39 is 6.10 Å². The van der Waals surface area contributed by atoms with Crippen LogP contribution in [0.25, 0.3) is 0 Å². The normalized spacial score (nSPS) is 11.9. The number of hydrogen-bond acceptors (Lipinski definition) is 6. The SMILES string of the molecule is Cn1cnc(CNCC(O)COc2ccc(C#N)cc2)n1. The first-order valence-corrected chi connectivity index (χ1v) is 6.53. The van der Waals surface area contributed by atoms with E-state index in [-0.39, 0.29) is 6.61 Å². The summed E-state index contributed by atoms with van der Waals surface area (Å²) in [6.45, 7) is 1.05. The molecule has 1 unspecified atom stereocenters. The second-order valence-corrected chi connectivity index (χ2v) is 4.57. The molecule has 0 fully saturated rings. The van der Waals surface area contributed by atoms with Gasteiger partial charge in [0.25, 0.3) is 0 Å². The number of nitrogens with zero attached hydrogens (tertiary/aromatic N) is 4. The molecule has 0 saturated heterocycles. The van der Waals surface area contributed by atoms with Gasteiger partial charge in [-0.25, -0.2) is 4.98 Å². The van der Waals surface area contributed by atoms with Crippen LogP contribution in [0.2, 0.25) is 0 Å². The van der Waals surface area contributed by atoms with Crippen LogP contribution in [0, 0.1) is 11.3 Å². The Morgan fingerprint density at radius 1 is 1.43 bits per heavy atom. The molecule has 0 spiro atoms. The van der Waals surface area contributed by atoms with Crippen molar-refractivity contribution in [3.8, 4) is 11.8 Å². The van der Waals surface area contributed by atoms with Crippen LogP contribution in [0.15, 0.2) is 30.6 Å². The van der Waals surface area contributed by atoms with Crippen molar-refractivity contribution >= 4 is 0 Å². The lowest BCUT2D eigenvalue weighted by atomic mass is 10.2. The average molecular weight is 287 g/mol. The Balaban J connectivity index is 1.67. The molecule has 7 nitrogen and oxygen atoms in total. The molecule has 110 valence electrons. The van der Waals surface area contributed by atoms with Crippen LogP contribution in [-0.4, -0.2) is 39.1 Å². The van der Waals surface area contributed by atoms with Gasteiger partial charge in [-0.2, -0.15) is 10.4 Å². The first-order valence-electron chi connectivity index (χ1n) is 6.53. The molecule has 2 rings (SSSR count).